The number of hydrogen-bond donors (Lipinski definition) is 2. The molecule has 3 aliphatic rings. The number of benzene rings is 1. The zero-order valence-corrected chi connectivity index (χ0v) is 24.6. The number of aromatic nitrogens is 2. The minimum absolute atomic E-state index is 0.146. The van der Waals surface area contributed by atoms with Gasteiger partial charge in [-0.2, -0.15) is 5.10 Å². The lowest BCUT2D eigenvalue weighted by molar-refractivity contribution is 0.0165. The number of fused-ring (bicyclic) bond motifs is 3. The Balaban J connectivity index is 1.53. The third kappa shape index (κ3) is 4.81. The first-order valence-corrected chi connectivity index (χ1v) is 17.6. The molecule has 2 N–H and O–H groups in total. The molecule has 2 atom stereocenters. The molecule has 11 heteroatoms. The number of methoxy groups -OCH3 is 1. The SMILES string of the molecule is CO[C@@H]1COc2c(S(=O)(=N[Si](C)(C)C(C)(C)C)NC(=O)Nc3c4c(cc5c3CCC5)CCC4)cnn2C1. The molecule has 2 amide bonds. The van der Waals surface area contributed by atoms with Crippen LogP contribution in [0.4, 0.5) is 10.5 Å². The Morgan fingerprint density at radius 3 is 2.43 bits per heavy atom. The number of aryl methyl sites for hydroxylation is 2. The third-order valence-electron chi connectivity index (χ3n) is 8.31. The average molecular weight is 546 g/mol. The van der Waals surface area contributed by atoms with Crippen molar-refractivity contribution in [2.24, 2.45) is 4.03 Å². The topological polar surface area (TPSA) is 107 Å². The van der Waals surface area contributed by atoms with E-state index in [0.29, 0.717) is 23.9 Å². The number of urea groups is 1. The van der Waals surface area contributed by atoms with Gasteiger partial charge in [0.2, 0.25) is 5.88 Å². The van der Waals surface area contributed by atoms with Crippen molar-refractivity contribution in [1.29, 1.82) is 0 Å². The van der Waals surface area contributed by atoms with E-state index in [1.165, 1.54) is 28.5 Å². The van der Waals surface area contributed by atoms with Crippen LogP contribution in [0, 0.1) is 0 Å². The number of amides is 2. The lowest BCUT2D eigenvalue weighted by Gasteiger charge is -2.33. The van der Waals surface area contributed by atoms with Gasteiger partial charge in [0.15, 0.2) is 18.2 Å². The summed E-state index contributed by atoms with van der Waals surface area (Å²) < 4.78 is 35.5. The molecule has 1 aromatic heterocycles. The highest BCUT2D eigenvalue weighted by Crippen LogP contribution is 2.40. The van der Waals surface area contributed by atoms with E-state index >= 15 is 0 Å². The summed E-state index contributed by atoms with van der Waals surface area (Å²) in [6, 6.07) is 1.82. The highest BCUT2D eigenvalue weighted by molar-refractivity contribution is 7.93. The zero-order chi connectivity index (χ0) is 26.6. The molecular weight excluding hydrogens is 506 g/mol. The highest BCUT2D eigenvalue weighted by atomic mass is 32.2. The molecule has 2 aliphatic carbocycles. The number of carbonyl (C=O) groups is 1. The molecule has 9 nitrogen and oxygen atoms in total. The molecule has 0 radical (unpaired) electrons. The molecule has 0 fully saturated rings. The second kappa shape index (κ2) is 9.43. The molecule has 1 aromatic carbocycles. The molecule has 0 saturated heterocycles. The van der Waals surface area contributed by atoms with Gasteiger partial charge in [0.1, 0.15) is 17.6 Å². The molecule has 1 aliphatic heterocycles. The van der Waals surface area contributed by atoms with Crippen LogP contribution in [-0.2, 0) is 46.9 Å². The van der Waals surface area contributed by atoms with Crippen LogP contribution in [0.15, 0.2) is 21.2 Å². The summed E-state index contributed by atoms with van der Waals surface area (Å²) in [6.07, 6.45) is 7.54. The number of ether oxygens (including phenoxy) is 2. The van der Waals surface area contributed by atoms with Gasteiger partial charge >= 0.3 is 6.03 Å². The Bertz CT molecular complexity index is 1320. The van der Waals surface area contributed by atoms with E-state index < -0.39 is 24.2 Å². The fraction of sp³-hybridized carbons (Fsp3) is 0.615. The Labute approximate surface area is 221 Å². The summed E-state index contributed by atoms with van der Waals surface area (Å²) in [5, 5.41) is 7.36. The summed E-state index contributed by atoms with van der Waals surface area (Å²) in [7, 11) is -4.24. The van der Waals surface area contributed by atoms with Gasteiger partial charge in [-0.15, -0.1) is 0 Å². The van der Waals surface area contributed by atoms with Crippen molar-refractivity contribution in [3.05, 3.63) is 34.5 Å². The predicted molar refractivity (Wildman–Crippen MR) is 147 cm³/mol. The van der Waals surface area contributed by atoms with E-state index in [0.717, 1.165) is 44.2 Å². The molecule has 5 rings (SSSR count). The Hall–Kier alpha value is -2.37. The van der Waals surface area contributed by atoms with Gasteiger partial charge in [-0.25, -0.2) is 18.4 Å². The first-order chi connectivity index (χ1) is 17.4. The summed E-state index contributed by atoms with van der Waals surface area (Å²) in [5.41, 5.74) is 6.01. The third-order valence-corrected chi connectivity index (χ3v) is 16.2. The van der Waals surface area contributed by atoms with Crippen molar-refractivity contribution in [2.45, 2.75) is 95.0 Å². The first kappa shape index (κ1) is 26.2. The Morgan fingerprint density at radius 1 is 1.19 bits per heavy atom. The number of nitrogens with one attached hydrogen (secondary N) is 2. The molecule has 37 heavy (non-hydrogen) atoms. The van der Waals surface area contributed by atoms with Crippen LogP contribution in [0.1, 0.15) is 55.9 Å². The number of hydrogen-bond acceptors (Lipinski definition) is 6. The van der Waals surface area contributed by atoms with Crippen LogP contribution in [0.5, 0.6) is 5.88 Å². The van der Waals surface area contributed by atoms with Crippen molar-refractivity contribution >= 4 is 29.9 Å². The van der Waals surface area contributed by atoms with Crippen LogP contribution in [0.2, 0.25) is 18.1 Å². The van der Waals surface area contributed by atoms with Crippen LogP contribution < -0.4 is 14.8 Å². The van der Waals surface area contributed by atoms with Gasteiger partial charge in [0, 0.05) is 12.8 Å². The van der Waals surface area contributed by atoms with E-state index in [1.54, 1.807) is 11.8 Å². The van der Waals surface area contributed by atoms with Gasteiger partial charge in [-0.05, 0) is 78.9 Å². The van der Waals surface area contributed by atoms with Crippen molar-refractivity contribution in [3.8, 4) is 5.88 Å². The van der Waals surface area contributed by atoms with Gasteiger partial charge in [0.05, 0.1) is 12.7 Å². The van der Waals surface area contributed by atoms with E-state index in [4.69, 9.17) is 13.5 Å². The fourth-order valence-electron chi connectivity index (χ4n) is 5.20. The molecule has 1 unspecified atom stereocenters. The fourth-order valence-corrected chi connectivity index (χ4v) is 10.4. The standard InChI is InChI=1S/C26H39N5O4SSi/c1-26(2,3)37(5,6)30-36(33,22-14-27-31-15-19(34-4)16-35-24(22)31)29-25(32)28-23-20-11-7-9-17(20)13-18-10-8-12-21(18)23/h13-14,19H,7-12,15-16H2,1-6H3,(H2,28,29,30,32,33)/t19-,36?/m0/s1. The number of carbonyl (C=O) groups excluding carboxylic acids is 1. The maximum atomic E-state index is 14.7. The second-order valence-electron chi connectivity index (χ2n) is 11.9. The van der Waals surface area contributed by atoms with E-state index in [1.807, 2.05) is 0 Å². The summed E-state index contributed by atoms with van der Waals surface area (Å²) in [4.78, 5) is 13.9. The summed E-state index contributed by atoms with van der Waals surface area (Å²) in [6.45, 7) is 11.3. The summed E-state index contributed by atoms with van der Waals surface area (Å²) >= 11 is 0. The van der Waals surface area contributed by atoms with Crippen molar-refractivity contribution in [2.75, 3.05) is 19.0 Å². The molecule has 2 heterocycles. The van der Waals surface area contributed by atoms with Gasteiger partial charge in [-0.3, -0.25) is 4.03 Å². The van der Waals surface area contributed by atoms with Crippen LogP contribution >= 0.6 is 0 Å². The second-order valence-corrected chi connectivity index (χ2v) is 18.9. The van der Waals surface area contributed by atoms with Crippen LogP contribution in [0.25, 0.3) is 0 Å². The van der Waals surface area contributed by atoms with Crippen molar-refractivity contribution in [1.82, 2.24) is 14.5 Å². The van der Waals surface area contributed by atoms with Crippen molar-refractivity contribution < 1.29 is 18.5 Å². The molecule has 2 aromatic rings. The predicted octanol–water partition coefficient (Wildman–Crippen LogP) is 4.84. The molecule has 0 saturated carbocycles. The number of rotatable bonds is 5. The van der Waals surface area contributed by atoms with E-state index in [2.05, 4.69) is 55.1 Å². The normalized spacial score (nSPS) is 20.3. The average Bonchev–Trinajstić information content (AvgIpc) is 3.56. The quantitative estimate of drug-likeness (QED) is 0.523. The maximum absolute atomic E-state index is 14.7. The van der Waals surface area contributed by atoms with Gasteiger partial charge in [0.25, 0.3) is 0 Å². The largest absolute Gasteiger partial charge is 0.474 e. The minimum Gasteiger partial charge on any atom is -0.474 e. The molecule has 202 valence electrons. The van der Waals surface area contributed by atoms with E-state index in [-0.39, 0.29) is 11.1 Å². The van der Waals surface area contributed by atoms with Crippen LogP contribution in [0.3, 0.4) is 0 Å². The Kier molecular flexibility index (Phi) is 6.69. The smallest absolute Gasteiger partial charge is 0.331 e. The monoisotopic (exact) mass is 545 g/mol. The first-order valence-electron chi connectivity index (χ1n) is 13.2. The Morgan fingerprint density at radius 2 is 1.84 bits per heavy atom. The maximum Gasteiger partial charge on any atom is 0.331 e. The van der Waals surface area contributed by atoms with Crippen LogP contribution in [-0.4, -0.2) is 48.1 Å². The molecular formula is C26H39N5O4SSi. The van der Waals surface area contributed by atoms with E-state index in [9.17, 15) is 9.00 Å². The lowest BCUT2D eigenvalue weighted by Crippen LogP contribution is -2.42. The van der Waals surface area contributed by atoms with Gasteiger partial charge < -0.3 is 14.8 Å². The molecule has 0 bridgehead atoms. The summed E-state index contributed by atoms with van der Waals surface area (Å²) in [5.74, 6) is 0.377. The molecule has 0 spiro atoms. The van der Waals surface area contributed by atoms with Crippen molar-refractivity contribution in [3.63, 3.8) is 0 Å². The highest BCUT2D eigenvalue weighted by Gasteiger charge is 2.40. The number of nitrogens with zero attached hydrogens (tertiary/aromatic N) is 3. The number of anilines is 1. The minimum atomic E-state index is -3.40. The van der Waals surface area contributed by atoms with Gasteiger partial charge in [-0.1, -0.05) is 26.8 Å². The lowest BCUT2D eigenvalue weighted by atomic mass is 9.99. The zero-order valence-electron chi connectivity index (χ0n) is 22.8.